The van der Waals surface area contributed by atoms with Gasteiger partial charge in [0.05, 0.1) is 6.61 Å². The van der Waals surface area contributed by atoms with E-state index < -0.39 is 6.04 Å². The van der Waals surface area contributed by atoms with Crippen LogP contribution in [0.1, 0.15) is 32.1 Å². The van der Waals surface area contributed by atoms with E-state index in [-0.39, 0.29) is 18.3 Å². The van der Waals surface area contributed by atoms with E-state index >= 15 is 0 Å². The maximum atomic E-state index is 12.2. The minimum Gasteiger partial charge on any atom is -0.383 e. The van der Waals surface area contributed by atoms with Crippen LogP contribution in [0.15, 0.2) is 0 Å². The molecule has 2 fully saturated rings. The van der Waals surface area contributed by atoms with E-state index in [0.717, 1.165) is 18.8 Å². The first-order chi connectivity index (χ1) is 8.67. The molecule has 1 spiro atoms. The van der Waals surface area contributed by atoms with Crippen LogP contribution in [-0.2, 0) is 9.53 Å². The highest BCUT2D eigenvalue weighted by Gasteiger charge is 2.39. The largest absolute Gasteiger partial charge is 0.383 e. The number of nitrogens with two attached hydrogens (primary N) is 1. The molecule has 1 unspecified atom stereocenters. The van der Waals surface area contributed by atoms with Gasteiger partial charge in [-0.15, -0.1) is 12.4 Å². The van der Waals surface area contributed by atoms with Gasteiger partial charge in [-0.1, -0.05) is 19.3 Å². The Hall–Kier alpha value is 0.0300. The number of carbonyl (C=O) groups is 1. The van der Waals surface area contributed by atoms with E-state index in [1.54, 1.807) is 7.11 Å². The molecule has 0 aromatic carbocycles. The summed E-state index contributed by atoms with van der Waals surface area (Å²) in [5, 5.41) is 0. The van der Waals surface area contributed by atoms with Crippen molar-refractivity contribution in [3.8, 4) is 0 Å². The van der Waals surface area contributed by atoms with Crippen molar-refractivity contribution < 1.29 is 9.53 Å². The van der Waals surface area contributed by atoms with Crippen molar-refractivity contribution in [3.05, 3.63) is 0 Å². The highest BCUT2D eigenvalue weighted by Crippen LogP contribution is 2.42. The topological polar surface area (TPSA) is 55.6 Å². The van der Waals surface area contributed by atoms with Crippen LogP contribution in [0.4, 0.5) is 0 Å². The monoisotopic (exact) mass is 308 g/mol. The highest BCUT2D eigenvalue weighted by molar-refractivity contribution is 8.00. The average molecular weight is 309 g/mol. The van der Waals surface area contributed by atoms with Gasteiger partial charge in [-0.25, -0.2) is 0 Å². The molecule has 2 N–H and O–H groups in total. The number of rotatable bonds is 3. The fraction of sp³-hybridized carbons (Fsp3) is 0.923. The third-order valence-electron chi connectivity index (χ3n) is 3.99. The van der Waals surface area contributed by atoms with Crippen molar-refractivity contribution in [2.24, 2.45) is 5.73 Å². The number of ether oxygens (including phenoxy) is 1. The molecule has 2 rings (SSSR count). The molecule has 1 saturated heterocycles. The summed E-state index contributed by atoms with van der Waals surface area (Å²) < 4.78 is 5.29. The lowest BCUT2D eigenvalue weighted by atomic mass is 9.87. The van der Waals surface area contributed by atoms with Gasteiger partial charge in [-0.05, 0) is 12.8 Å². The fourth-order valence-electron chi connectivity index (χ4n) is 3.02. The summed E-state index contributed by atoms with van der Waals surface area (Å²) in [6.07, 6.45) is 6.46. The quantitative estimate of drug-likeness (QED) is 0.861. The van der Waals surface area contributed by atoms with Crippen molar-refractivity contribution in [1.82, 2.24) is 4.90 Å². The SMILES string of the molecule is COCC(N)C(=O)N1CCSC2(CCCCC2)C1.Cl. The van der Waals surface area contributed by atoms with E-state index in [9.17, 15) is 4.79 Å². The van der Waals surface area contributed by atoms with Crippen molar-refractivity contribution >= 4 is 30.1 Å². The van der Waals surface area contributed by atoms with Gasteiger partial charge >= 0.3 is 0 Å². The van der Waals surface area contributed by atoms with Gasteiger partial charge in [0.25, 0.3) is 0 Å². The number of thioether (sulfide) groups is 1. The molecule has 4 nitrogen and oxygen atoms in total. The Morgan fingerprint density at radius 1 is 1.42 bits per heavy atom. The van der Waals surface area contributed by atoms with E-state index in [1.165, 1.54) is 32.1 Å². The summed E-state index contributed by atoms with van der Waals surface area (Å²) in [6.45, 7) is 2.03. The normalized spacial score (nSPS) is 23.8. The maximum Gasteiger partial charge on any atom is 0.241 e. The lowest BCUT2D eigenvalue weighted by Crippen LogP contribution is -2.54. The third-order valence-corrected chi connectivity index (χ3v) is 5.52. The molecule has 0 bridgehead atoms. The Morgan fingerprint density at radius 2 is 2.11 bits per heavy atom. The van der Waals surface area contributed by atoms with Gasteiger partial charge in [0, 0.05) is 30.7 Å². The average Bonchev–Trinajstić information content (AvgIpc) is 2.39. The molecule has 0 aromatic rings. The third kappa shape index (κ3) is 4.25. The summed E-state index contributed by atoms with van der Waals surface area (Å²) in [5.41, 5.74) is 5.85. The molecular formula is C13H25ClN2O2S. The Morgan fingerprint density at radius 3 is 2.74 bits per heavy atom. The Balaban J connectivity index is 0.00000180. The summed E-state index contributed by atoms with van der Waals surface area (Å²) in [5.74, 6) is 1.10. The molecule has 1 saturated carbocycles. The number of methoxy groups -OCH3 is 1. The van der Waals surface area contributed by atoms with Crippen molar-refractivity contribution in [2.75, 3.05) is 32.6 Å². The lowest BCUT2D eigenvalue weighted by molar-refractivity contribution is -0.134. The molecule has 1 amide bonds. The second-order valence-electron chi connectivity index (χ2n) is 5.41. The second kappa shape index (κ2) is 7.72. The van der Waals surface area contributed by atoms with Crippen molar-refractivity contribution in [1.29, 1.82) is 0 Å². The molecule has 1 aliphatic heterocycles. The number of hydrogen-bond acceptors (Lipinski definition) is 4. The molecule has 1 aliphatic carbocycles. The minimum absolute atomic E-state index is 0. The molecular weight excluding hydrogens is 284 g/mol. The van der Waals surface area contributed by atoms with Gasteiger partial charge in [-0.2, -0.15) is 11.8 Å². The molecule has 0 radical (unpaired) electrons. The summed E-state index contributed by atoms with van der Waals surface area (Å²) in [6, 6.07) is -0.501. The van der Waals surface area contributed by atoms with Gasteiger partial charge in [0.2, 0.25) is 5.91 Å². The Kier molecular flexibility index (Phi) is 6.94. The molecule has 0 aromatic heterocycles. The minimum atomic E-state index is -0.501. The van der Waals surface area contributed by atoms with Gasteiger partial charge in [0.15, 0.2) is 0 Å². The molecule has 19 heavy (non-hydrogen) atoms. The number of amides is 1. The number of halogens is 1. The molecule has 112 valence electrons. The highest BCUT2D eigenvalue weighted by atomic mass is 35.5. The standard InChI is InChI=1S/C13H24N2O2S.ClH/c1-17-9-11(14)12(16)15-7-8-18-13(10-15)5-3-2-4-6-13;/h11H,2-10,14H2,1H3;1H. The van der Waals surface area contributed by atoms with Crippen LogP contribution in [-0.4, -0.2) is 54.2 Å². The van der Waals surface area contributed by atoms with Crippen LogP contribution in [0.25, 0.3) is 0 Å². The predicted octanol–water partition coefficient (Wildman–Crippen LogP) is 1.66. The zero-order valence-corrected chi connectivity index (χ0v) is 13.2. The van der Waals surface area contributed by atoms with Crippen LogP contribution < -0.4 is 5.73 Å². The van der Waals surface area contributed by atoms with E-state index in [1.807, 2.05) is 4.90 Å². The van der Waals surface area contributed by atoms with Gasteiger partial charge in [0.1, 0.15) is 6.04 Å². The first kappa shape index (κ1) is 17.1. The first-order valence-corrected chi connectivity index (χ1v) is 7.83. The second-order valence-corrected chi connectivity index (χ2v) is 6.98. The van der Waals surface area contributed by atoms with Gasteiger partial charge in [-0.3, -0.25) is 4.79 Å². The fourth-order valence-corrected chi connectivity index (χ4v) is 4.59. The van der Waals surface area contributed by atoms with E-state index in [2.05, 4.69) is 11.8 Å². The Bertz CT molecular complexity index is 293. The van der Waals surface area contributed by atoms with E-state index in [0.29, 0.717) is 11.4 Å². The zero-order chi connectivity index (χ0) is 13.0. The van der Waals surface area contributed by atoms with Crippen molar-refractivity contribution in [3.63, 3.8) is 0 Å². The zero-order valence-electron chi connectivity index (χ0n) is 11.6. The summed E-state index contributed by atoms with van der Waals surface area (Å²) in [4.78, 5) is 14.2. The van der Waals surface area contributed by atoms with Crippen LogP contribution in [0.2, 0.25) is 0 Å². The molecule has 6 heteroatoms. The smallest absolute Gasteiger partial charge is 0.241 e. The molecule has 1 atom stereocenters. The van der Waals surface area contributed by atoms with Crippen LogP contribution >= 0.6 is 24.2 Å². The molecule has 1 heterocycles. The number of carbonyl (C=O) groups excluding carboxylic acids is 1. The predicted molar refractivity (Wildman–Crippen MR) is 82.0 cm³/mol. The first-order valence-electron chi connectivity index (χ1n) is 6.84. The van der Waals surface area contributed by atoms with Crippen LogP contribution in [0, 0.1) is 0 Å². The van der Waals surface area contributed by atoms with Gasteiger partial charge < -0.3 is 15.4 Å². The number of hydrogen-bond donors (Lipinski definition) is 1. The lowest BCUT2D eigenvalue weighted by Gasteiger charge is -2.45. The summed E-state index contributed by atoms with van der Waals surface area (Å²) in [7, 11) is 1.59. The maximum absolute atomic E-state index is 12.2. The number of nitrogens with zero attached hydrogens (tertiary/aromatic N) is 1. The van der Waals surface area contributed by atoms with E-state index in [4.69, 9.17) is 10.5 Å². The van der Waals surface area contributed by atoms with Crippen LogP contribution in [0.5, 0.6) is 0 Å². The van der Waals surface area contributed by atoms with Crippen molar-refractivity contribution in [2.45, 2.75) is 42.9 Å². The Labute approximate surface area is 126 Å². The summed E-state index contributed by atoms with van der Waals surface area (Å²) >= 11 is 2.07. The molecule has 2 aliphatic rings. The van der Waals surface area contributed by atoms with Crippen LogP contribution in [0.3, 0.4) is 0 Å².